The molecule has 3 N–H and O–H groups in total. The number of carboxylic acid groups (broad SMARTS) is 1. The first-order valence-corrected chi connectivity index (χ1v) is 4.26. The Morgan fingerprint density at radius 2 is 2.14 bits per heavy atom. The van der Waals surface area contributed by atoms with Crippen LogP contribution in [0.2, 0.25) is 0 Å². The van der Waals surface area contributed by atoms with Gasteiger partial charge in [-0.05, 0) is 11.1 Å². The monoisotopic (exact) mass is 197 g/mol. The number of alkyl halides is 1. The second-order valence-electron chi connectivity index (χ2n) is 3.04. The number of hydrogen-bond donors (Lipinski definition) is 2. The average Bonchev–Trinajstić information content (AvgIpc) is 2.16. The number of rotatable bonds is 4. The molecule has 4 heteroatoms. The fourth-order valence-corrected chi connectivity index (χ4v) is 1.32. The van der Waals surface area contributed by atoms with E-state index in [2.05, 4.69) is 0 Å². The highest BCUT2D eigenvalue weighted by molar-refractivity contribution is 5.68. The van der Waals surface area contributed by atoms with E-state index in [1.165, 1.54) is 0 Å². The molecule has 0 bridgehead atoms. The minimum Gasteiger partial charge on any atom is -0.481 e. The van der Waals surface area contributed by atoms with Gasteiger partial charge >= 0.3 is 5.97 Å². The van der Waals surface area contributed by atoms with E-state index in [4.69, 9.17) is 10.8 Å². The third-order valence-electron chi connectivity index (χ3n) is 1.99. The van der Waals surface area contributed by atoms with E-state index in [-0.39, 0.29) is 6.42 Å². The number of carbonyl (C=O) groups is 1. The van der Waals surface area contributed by atoms with Crippen LogP contribution in [0, 0.1) is 0 Å². The molecule has 1 aromatic carbocycles. The molecule has 0 heterocycles. The molecular formula is C10H12FNO2. The molecule has 0 aliphatic heterocycles. The third-order valence-corrected chi connectivity index (χ3v) is 1.99. The van der Waals surface area contributed by atoms with Crippen LogP contribution in [-0.4, -0.2) is 11.1 Å². The molecule has 3 nitrogen and oxygen atoms in total. The Balaban J connectivity index is 2.87. The summed E-state index contributed by atoms with van der Waals surface area (Å²) in [6.07, 6.45) is -0.184. The summed E-state index contributed by atoms with van der Waals surface area (Å²) < 4.78 is 12.5. The summed E-state index contributed by atoms with van der Waals surface area (Å²) in [6, 6.07) is 6.04. The zero-order valence-electron chi connectivity index (χ0n) is 7.61. The van der Waals surface area contributed by atoms with Crippen molar-refractivity contribution in [3.05, 3.63) is 35.4 Å². The Morgan fingerprint density at radius 3 is 2.71 bits per heavy atom. The summed E-state index contributed by atoms with van der Waals surface area (Å²) in [5.41, 5.74) is 6.65. The fraction of sp³-hybridized carbons (Fsp3) is 0.300. The van der Waals surface area contributed by atoms with Gasteiger partial charge in [-0.2, -0.15) is 0 Å². The first-order valence-electron chi connectivity index (χ1n) is 4.26. The van der Waals surface area contributed by atoms with Gasteiger partial charge in [-0.15, -0.1) is 0 Å². The summed E-state index contributed by atoms with van der Waals surface area (Å²) in [5, 5.41) is 8.54. The van der Waals surface area contributed by atoms with Crippen LogP contribution in [0.4, 0.5) is 4.39 Å². The van der Waals surface area contributed by atoms with Crippen molar-refractivity contribution in [2.45, 2.75) is 19.1 Å². The van der Waals surface area contributed by atoms with Crippen LogP contribution in [-0.2, 0) is 11.5 Å². The molecule has 1 unspecified atom stereocenters. The quantitative estimate of drug-likeness (QED) is 0.771. The lowest BCUT2D eigenvalue weighted by Gasteiger charge is -2.12. The molecule has 14 heavy (non-hydrogen) atoms. The van der Waals surface area contributed by atoms with E-state index >= 15 is 0 Å². The fourth-order valence-electron chi connectivity index (χ4n) is 1.32. The molecule has 1 aromatic rings. The molecule has 0 aliphatic rings. The zero-order valence-corrected chi connectivity index (χ0v) is 7.61. The second-order valence-corrected chi connectivity index (χ2v) is 3.04. The van der Waals surface area contributed by atoms with Gasteiger partial charge in [0.2, 0.25) is 0 Å². The van der Waals surface area contributed by atoms with Crippen LogP contribution < -0.4 is 5.73 Å². The molecule has 0 saturated heterocycles. The highest BCUT2D eigenvalue weighted by Gasteiger charge is 2.13. The largest absolute Gasteiger partial charge is 0.481 e. The van der Waals surface area contributed by atoms with E-state index in [1.807, 2.05) is 0 Å². The van der Waals surface area contributed by atoms with Crippen LogP contribution in [0.5, 0.6) is 0 Å². The van der Waals surface area contributed by atoms with Crippen molar-refractivity contribution in [2.75, 3.05) is 0 Å². The summed E-state index contributed by atoms with van der Waals surface area (Å²) >= 11 is 0. The van der Waals surface area contributed by atoms with Crippen molar-refractivity contribution in [2.24, 2.45) is 5.73 Å². The van der Waals surface area contributed by atoms with Crippen LogP contribution in [0.1, 0.15) is 23.6 Å². The maximum absolute atomic E-state index is 12.5. The SMILES string of the molecule is NC(CC(=O)O)c1ccccc1CF. The maximum Gasteiger partial charge on any atom is 0.305 e. The lowest BCUT2D eigenvalue weighted by Crippen LogP contribution is -2.16. The number of aliphatic carboxylic acids is 1. The van der Waals surface area contributed by atoms with E-state index in [0.717, 1.165) is 0 Å². The van der Waals surface area contributed by atoms with Gasteiger partial charge < -0.3 is 10.8 Å². The lowest BCUT2D eigenvalue weighted by molar-refractivity contribution is -0.137. The molecular weight excluding hydrogens is 185 g/mol. The normalized spacial score (nSPS) is 12.4. The molecule has 1 rings (SSSR count). The van der Waals surface area contributed by atoms with Gasteiger partial charge in [-0.1, -0.05) is 24.3 Å². The number of carboxylic acids is 1. The summed E-state index contributed by atoms with van der Waals surface area (Å²) in [4.78, 5) is 10.4. The topological polar surface area (TPSA) is 63.3 Å². The van der Waals surface area contributed by atoms with Crippen LogP contribution >= 0.6 is 0 Å². The van der Waals surface area contributed by atoms with E-state index < -0.39 is 18.7 Å². The van der Waals surface area contributed by atoms with E-state index in [1.54, 1.807) is 24.3 Å². The highest BCUT2D eigenvalue weighted by atomic mass is 19.1. The van der Waals surface area contributed by atoms with Gasteiger partial charge in [0, 0.05) is 6.04 Å². The Kier molecular flexibility index (Phi) is 3.59. The van der Waals surface area contributed by atoms with Gasteiger partial charge in [0.1, 0.15) is 6.67 Å². The third kappa shape index (κ3) is 2.53. The molecule has 0 radical (unpaired) electrons. The minimum absolute atomic E-state index is 0.184. The maximum atomic E-state index is 12.5. The van der Waals surface area contributed by atoms with Crippen molar-refractivity contribution in [3.63, 3.8) is 0 Å². The average molecular weight is 197 g/mol. The summed E-state index contributed by atoms with van der Waals surface area (Å²) in [6.45, 7) is -0.622. The van der Waals surface area contributed by atoms with E-state index in [0.29, 0.717) is 11.1 Å². The van der Waals surface area contributed by atoms with Crippen molar-refractivity contribution in [1.29, 1.82) is 0 Å². The predicted molar refractivity (Wildman–Crippen MR) is 50.4 cm³/mol. The molecule has 0 fully saturated rings. The smallest absolute Gasteiger partial charge is 0.305 e. The Bertz CT molecular complexity index is 328. The lowest BCUT2D eigenvalue weighted by atomic mass is 9.99. The Hall–Kier alpha value is -1.42. The molecule has 0 saturated carbocycles. The second kappa shape index (κ2) is 4.72. The molecule has 76 valence electrons. The van der Waals surface area contributed by atoms with Crippen molar-refractivity contribution >= 4 is 5.97 Å². The number of nitrogens with two attached hydrogens (primary N) is 1. The molecule has 1 atom stereocenters. The molecule has 0 amide bonds. The first kappa shape index (κ1) is 10.7. The summed E-state index contributed by atoms with van der Waals surface area (Å²) in [5.74, 6) is -0.980. The molecule has 0 aromatic heterocycles. The van der Waals surface area contributed by atoms with Crippen LogP contribution in [0.15, 0.2) is 24.3 Å². The van der Waals surface area contributed by atoms with Gasteiger partial charge in [-0.3, -0.25) is 4.79 Å². The van der Waals surface area contributed by atoms with E-state index in [9.17, 15) is 9.18 Å². The van der Waals surface area contributed by atoms with Gasteiger partial charge in [-0.25, -0.2) is 4.39 Å². The summed E-state index contributed by atoms with van der Waals surface area (Å²) in [7, 11) is 0. The number of hydrogen-bond acceptors (Lipinski definition) is 2. The van der Waals surface area contributed by atoms with Crippen LogP contribution in [0.25, 0.3) is 0 Å². The number of halogens is 1. The first-order chi connectivity index (χ1) is 6.65. The van der Waals surface area contributed by atoms with Crippen molar-refractivity contribution in [1.82, 2.24) is 0 Å². The molecule has 0 aliphatic carbocycles. The highest BCUT2D eigenvalue weighted by Crippen LogP contribution is 2.19. The standard InChI is InChI=1S/C10H12FNO2/c11-6-7-3-1-2-4-8(7)9(12)5-10(13)14/h1-4,9H,5-6,12H2,(H,13,14). The zero-order chi connectivity index (χ0) is 10.6. The van der Waals surface area contributed by atoms with Gasteiger partial charge in [0.25, 0.3) is 0 Å². The number of benzene rings is 1. The minimum atomic E-state index is -0.980. The van der Waals surface area contributed by atoms with Crippen molar-refractivity contribution in [3.8, 4) is 0 Å². The van der Waals surface area contributed by atoms with Gasteiger partial charge in [0.15, 0.2) is 0 Å². The van der Waals surface area contributed by atoms with Crippen molar-refractivity contribution < 1.29 is 14.3 Å². The Morgan fingerprint density at radius 1 is 1.50 bits per heavy atom. The Labute approximate surface area is 81.4 Å². The van der Waals surface area contributed by atoms with Gasteiger partial charge in [0.05, 0.1) is 6.42 Å². The molecule has 0 spiro atoms. The van der Waals surface area contributed by atoms with Crippen LogP contribution in [0.3, 0.4) is 0 Å². The predicted octanol–water partition coefficient (Wildman–Crippen LogP) is 1.63.